The lowest BCUT2D eigenvalue weighted by atomic mass is 10.1. The highest BCUT2D eigenvalue weighted by Crippen LogP contribution is 2.06. The van der Waals surface area contributed by atoms with Gasteiger partial charge in [-0.25, -0.2) is 4.98 Å². The van der Waals surface area contributed by atoms with Crippen LogP contribution in [0.15, 0.2) is 15.5 Å². The van der Waals surface area contributed by atoms with Gasteiger partial charge in [-0.05, 0) is 56.1 Å². The van der Waals surface area contributed by atoms with Gasteiger partial charge in [0.1, 0.15) is 10.3 Å². The van der Waals surface area contributed by atoms with Crippen LogP contribution < -0.4 is 10.9 Å². The molecule has 1 heterocycles. The van der Waals surface area contributed by atoms with Crippen molar-refractivity contribution in [2.24, 2.45) is 5.92 Å². The average Bonchev–Trinajstić information content (AvgIpc) is 2.26. The van der Waals surface area contributed by atoms with Crippen LogP contribution in [0.1, 0.15) is 33.5 Å². The van der Waals surface area contributed by atoms with Crippen molar-refractivity contribution in [3.63, 3.8) is 0 Å². The minimum absolute atomic E-state index is 0.00916. The first-order chi connectivity index (χ1) is 8.20. The number of hydrogen-bond donors (Lipinski definition) is 1. The number of aromatic nitrogens is 2. The van der Waals surface area contributed by atoms with Crippen LogP contribution in [0.4, 0.5) is 0 Å². The molecule has 1 unspecified atom stereocenters. The lowest BCUT2D eigenvalue weighted by Gasteiger charge is -2.24. The van der Waals surface area contributed by atoms with Crippen LogP contribution in [0.3, 0.4) is 0 Å². The lowest BCUT2D eigenvalue weighted by Crippen LogP contribution is -2.40. The van der Waals surface area contributed by atoms with Crippen LogP contribution in [-0.4, -0.2) is 21.6 Å². The molecule has 1 rings (SSSR count). The topological polar surface area (TPSA) is 46.9 Å². The van der Waals surface area contributed by atoms with Crippen molar-refractivity contribution in [3.05, 3.63) is 26.8 Å². The molecule has 18 heavy (non-hydrogen) atoms. The van der Waals surface area contributed by atoms with Gasteiger partial charge in [0.25, 0.3) is 5.56 Å². The second-order valence-corrected chi connectivity index (χ2v) is 6.66. The van der Waals surface area contributed by atoms with Gasteiger partial charge in [-0.3, -0.25) is 9.36 Å². The van der Waals surface area contributed by atoms with E-state index in [1.54, 1.807) is 10.8 Å². The van der Waals surface area contributed by atoms with E-state index in [2.05, 4.69) is 53.9 Å². The lowest BCUT2D eigenvalue weighted by molar-refractivity contribution is 0.355. The van der Waals surface area contributed by atoms with Gasteiger partial charge >= 0.3 is 0 Å². The Labute approximate surface area is 117 Å². The molecule has 0 bridgehead atoms. The minimum Gasteiger partial charge on any atom is -0.312 e. The zero-order valence-electron chi connectivity index (χ0n) is 11.7. The van der Waals surface area contributed by atoms with Gasteiger partial charge in [0.15, 0.2) is 0 Å². The predicted octanol–water partition coefficient (Wildman–Crippen LogP) is 2.34. The number of hydrogen-bond acceptors (Lipinski definition) is 3. The van der Waals surface area contributed by atoms with Crippen LogP contribution >= 0.6 is 15.9 Å². The van der Waals surface area contributed by atoms with Crippen molar-refractivity contribution in [1.82, 2.24) is 14.9 Å². The van der Waals surface area contributed by atoms with Crippen LogP contribution in [0.5, 0.6) is 0 Å². The van der Waals surface area contributed by atoms with Crippen LogP contribution in [0.25, 0.3) is 0 Å². The molecule has 0 saturated heterocycles. The summed E-state index contributed by atoms with van der Waals surface area (Å²) in [6.45, 7) is 12.0. The summed E-state index contributed by atoms with van der Waals surface area (Å²) >= 11 is 3.23. The molecule has 0 amide bonds. The van der Waals surface area contributed by atoms with E-state index in [1.165, 1.54) is 0 Å². The van der Waals surface area contributed by atoms with Gasteiger partial charge in [-0.15, -0.1) is 0 Å². The van der Waals surface area contributed by atoms with Crippen molar-refractivity contribution < 1.29 is 0 Å². The number of nitrogens with zero attached hydrogens (tertiary/aromatic N) is 2. The summed E-state index contributed by atoms with van der Waals surface area (Å²) in [4.78, 5) is 16.2. The monoisotopic (exact) mass is 315 g/mol. The van der Waals surface area contributed by atoms with Gasteiger partial charge in [-0.2, -0.15) is 0 Å². The fourth-order valence-corrected chi connectivity index (χ4v) is 1.94. The van der Waals surface area contributed by atoms with E-state index in [4.69, 9.17) is 0 Å². The summed E-state index contributed by atoms with van der Waals surface area (Å²) in [6.07, 6.45) is 1.56. The molecule has 0 fully saturated rings. The zero-order chi connectivity index (χ0) is 13.9. The van der Waals surface area contributed by atoms with Gasteiger partial charge < -0.3 is 5.32 Å². The second kappa shape index (κ2) is 5.97. The maximum Gasteiger partial charge on any atom is 0.267 e. The maximum atomic E-state index is 12.0. The molecule has 0 saturated carbocycles. The van der Waals surface area contributed by atoms with Crippen molar-refractivity contribution in [2.45, 2.75) is 46.7 Å². The minimum atomic E-state index is -0.00916. The van der Waals surface area contributed by atoms with Crippen LogP contribution in [-0.2, 0) is 6.54 Å². The Balaban J connectivity index is 2.74. The molecule has 0 aliphatic rings. The molecular weight excluding hydrogens is 294 g/mol. The van der Waals surface area contributed by atoms with E-state index in [0.29, 0.717) is 16.9 Å². The molecule has 1 N–H and O–H groups in total. The summed E-state index contributed by atoms with van der Waals surface area (Å²) in [5.74, 6) is 1.13. The molecule has 0 aliphatic carbocycles. The Morgan fingerprint density at radius 3 is 2.67 bits per heavy atom. The third-order valence-corrected chi connectivity index (χ3v) is 3.22. The fraction of sp³-hybridized carbons (Fsp3) is 0.692. The number of nitrogens with one attached hydrogen (secondary N) is 1. The number of rotatable bonds is 4. The Morgan fingerprint density at radius 2 is 2.11 bits per heavy atom. The highest BCUT2D eigenvalue weighted by atomic mass is 79.9. The first kappa shape index (κ1) is 15.4. The third kappa shape index (κ3) is 4.53. The summed E-state index contributed by atoms with van der Waals surface area (Å²) in [7, 11) is 0. The smallest absolute Gasteiger partial charge is 0.267 e. The quantitative estimate of drug-likeness (QED) is 0.927. The largest absolute Gasteiger partial charge is 0.312 e. The highest BCUT2D eigenvalue weighted by Gasteiger charge is 2.13. The molecular formula is C13H22BrN3O. The van der Waals surface area contributed by atoms with E-state index >= 15 is 0 Å². The van der Waals surface area contributed by atoms with Gasteiger partial charge in [0, 0.05) is 18.3 Å². The first-order valence-corrected chi connectivity index (χ1v) is 6.97. The summed E-state index contributed by atoms with van der Waals surface area (Å²) in [5, 5.41) is 3.45. The third-order valence-electron chi connectivity index (χ3n) is 2.68. The summed E-state index contributed by atoms with van der Waals surface area (Å²) < 4.78 is 2.24. The van der Waals surface area contributed by atoms with E-state index in [9.17, 15) is 4.79 Å². The van der Waals surface area contributed by atoms with E-state index in [1.807, 2.05) is 6.92 Å². The average molecular weight is 316 g/mol. The summed E-state index contributed by atoms with van der Waals surface area (Å²) in [5.41, 5.74) is 0.0918. The maximum absolute atomic E-state index is 12.0. The Morgan fingerprint density at radius 1 is 1.50 bits per heavy atom. The Kier molecular flexibility index (Phi) is 5.10. The molecule has 4 nitrogen and oxygen atoms in total. The van der Waals surface area contributed by atoms with E-state index < -0.39 is 0 Å². The van der Waals surface area contributed by atoms with Crippen molar-refractivity contribution >= 4 is 15.9 Å². The molecule has 0 aromatic carbocycles. The molecule has 5 heteroatoms. The molecule has 0 aliphatic heterocycles. The molecule has 0 radical (unpaired) electrons. The molecule has 0 spiro atoms. The highest BCUT2D eigenvalue weighted by molar-refractivity contribution is 9.10. The molecule has 1 aromatic rings. The molecule has 1 aromatic heterocycles. The SMILES string of the molecule is Cc1ncc(Br)c(=O)n1CC(C)CNC(C)(C)C. The van der Waals surface area contributed by atoms with Crippen molar-refractivity contribution in [3.8, 4) is 0 Å². The number of aryl methyl sites for hydroxylation is 1. The predicted molar refractivity (Wildman–Crippen MR) is 77.9 cm³/mol. The van der Waals surface area contributed by atoms with Crippen molar-refractivity contribution in [2.75, 3.05) is 6.54 Å². The fourth-order valence-electron chi connectivity index (χ4n) is 1.62. The standard InChI is InChI=1S/C13H22BrN3O/c1-9(6-16-13(3,4)5)8-17-10(2)15-7-11(14)12(17)18/h7,9,16H,6,8H2,1-5H3. The van der Waals surface area contributed by atoms with E-state index in [-0.39, 0.29) is 11.1 Å². The van der Waals surface area contributed by atoms with Gasteiger partial charge in [-0.1, -0.05) is 6.92 Å². The van der Waals surface area contributed by atoms with Crippen LogP contribution in [0.2, 0.25) is 0 Å². The van der Waals surface area contributed by atoms with Crippen molar-refractivity contribution in [1.29, 1.82) is 0 Å². The second-order valence-electron chi connectivity index (χ2n) is 5.81. The molecule has 1 atom stereocenters. The number of halogens is 1. The first-order valence-electron chi connectivity index (χ1n) is 6.17. The Hall–Kier alpha value is -0.680. The molecule has 102 valence electrons. The zero-order valence-corrected chi connectivity index (χ0v) is 13.3. The normalized spacial score (nSPS) is 13.7. The van der Waals surface area contributed by atoms with E-state index in [0.717, 1.165) is 12.4 Å². The van der Waals surface area contributed by atoms with Gasteiger partial charge in [0.2, 0.25) is 0 Å². The summed E-state index contributed by atoms with van der Waals surface area (Å²) in [6, 6.07) is 0. The Bertz CT molecular complexity index is 462. The van der Waals surface area contributed by atoms with Crippen LogP contribution in [0, 0.1) is 12.8 Å². The van der Waals surface area contributed by atoms with Gasteiger partial charge in [0.05, 0.1) is 0 Å².